The Hall–Kier alpha value is -3.69. The second-order valence-electron chi connectivity index (χ2n) is 9.64. The van der Waals surface area contributed by atoms with E-state index in [1.165, 1.54) is 25.7 Å². The highest BCUT2D eigenvalue weighted by Gasteiger charge is 2.49. The smallest absolute Gasteiger partial charge is 0.412 e. The van der Waals surface area contributed by atoms with Gasteiger partial charge < -0.3 is 24.3 Å². The molecule has 9 nitrogen and oxygen atoms in total. The Morgan fingerprint density at radius 3 is 2.46 bits per heavy atom. The summed E-state index contributed by atoms with van der Waals surface area (Å²) in [6.45, 7) is 0.699. The van der Waals surface area contributed by atoms with Gasteiger partial charge in [0.1, 0.15) is 23.7 Å². The summed E-state index contributed by atoms with van der Waals surface area (Å²) in [6.07, 6.45) is 5.05. The van der Waals surface area contributed by atoms with Crippen molar-refractivity contribution in [3.8, 4) is 11.5 Å². The molecule has 1 aliphatic carbocycles. The van der Waals surface area contributed by atoms with Gasteiger partial charge in [0.15, 0.2) is 6.10 Å². The molecule has 6 rings (SSSR count). The number of rotatable bonds is 7. The number of ether oxygens (including phenoxy) is 4. The maximum absolute atomic E-state index is 12.6. The second-order valence-corrected chi connectivity index (χ2v) is 9.64. The SMILES string of the molecule is O=C(Nc1ccc(Oc2ccccc2)cc1)O[C@@H]1CO[C@H]2[C@@H]1OC[C@@H]2Nc1nccc(C2CCCC2)n1. The highest BCUT2D eigenvalue weighted by Crippen LogP contribution is 2.34. The van der Waals surface area contributed by atoms with Crippen LogP contribution >= 0.6 is 0 Å². The number of hydrogen-bond donors (Lipinski definition) is 2. The number of amides is 1. The molecular formula is C28H30N4O5. The minimum absolute atomic E-state index is 0.113. The molecular weight excluding hydrogens is 472 g/mol. The summed E-state index contributed by atoms with van der Waals surface area (Å²) in [7, 11) is 0. The van der Waals surface area contributed by atoms with Gasteiger partial charge in [-0.3, -0.25) is 5.32 Å². The largest absolute Gasteiger partial charge is 0.457 e. The fourth-order valence-electron chi connectivity index (χ4n) is 5.26. The van der Waals surface area contributed by atoms with Gasteiger partial charge in [0.05, 0.1) is 19.3 Å². The maximum Gasteiger partial charge on any atom is 0.412 e. The molecule has 2 aromatic carbocycles. The average Bonchev–Trinajstić information content (AvgIpc) is 3.67. The zero-order valence-corrected chi connectivity index (χ0v) is 20.4. The Morgan fingerprint density at radius 1 is 0.892 bits per heavy atom. The van der Waals surface area contributed by atoms with Crippen LogP contribution in [0.3, 0.4) is 0 Å². The van der Waals surface area contributed by atoms with E-state index in [4.69, 9.17) is 23.9 Å². The van der Waals surface area contributed by atoms with Gasteiger partial charge in [0, 0.05) is 23.5 Å². The van der Waals surface area contributed by atoms with Gasteiger partial charge in [0.25, 0.3) is 0 Å². The monoisotopic (exact) mass is 502 g/mol. The van der Waals surface area contributed by atoms with E-state index in [2.05, 4.69) is 15.6 Å². The second kappa shape index (κ2) is 10.7. The predicted octanol–water partition coefficient (Wildman–Crippen LogP) is 5.12. The third-order valence-electron chi connectivity index (χ3n) is 7.11. The van der Waals surface area contributed by atoms with Crippen molar-refractivity contribution in [3.63, 3.8) is 0 Å². The Bertz CT molecular complexity index is 1200. The van der Waals surface area contributed by atoms with Crippen LogP contribution in [0.1, 0.15) is 37.3 Å². The fraction of sp³-hybridized carbons (Fsp3) is 0.393. The van der Waals surface area contributed by atoms with Crippen molar-refractivity contribution < 1.29 is 23.7 Å². The summed E-state index contributed by atoms with van der Waals surface area (Å²) >= 11 is 0. The molecule has 37 heavy (non-hydrogen) atoms. The van der Waals surface area contributed by atoms with Crippen LogP contribution in [0.4, 0.5) is 16.4 Å². The molecule has 3 aliphatic rings. The molecule has 192 valence electrons. The lowest BCUT2D eigenvalue weighted by Gasteiger charge is -2.18. The summed E-state index contributed by atoms with van der Waals surface area (Å²) in [6, 6.07) is 18.5. The van der Waals surface area contributed by atoms with Gasteiger partial charge in [-0.15, -0.1) is 0 Å². The van der Waals surface area contributed by atoms with Crippen LogP contribution in [0.15, 0.2) is 66.9 Å². The first-order valence-electron chi connectivity index (χ1n) is 12.8. The van der Waals surface area contributed by atoms with Gasteiger partial charge in [-0.25, -0.2) is 14.8 Å². The van der Waals surface area contributed by atoms with Crippen molar-refractivity contribution in [2.75, 3.05) is 23.8 Å². The first-order valence-corrected chi connectivity index (χ1v) is 12.8. The number of carbonyl (C=O) groups is 1. The number of benzene rings is 2. The minimum atomic E-state index is -0.557. The van der Waals surface area contributed by atoms with Crippen LogP contribution in [-0.4, -0.2) is 53.6 Å². The van der Waals surface area contributed by atoms with Crippen molar-refractivity contribution in [1.82, 2.24) is 9.97 Å². The van der Waals surface area contributed by atoms with E-state index in [-0.39, 0.29) is 24.9 Å². The standard InChI is InChI=1S/C28H30N4O5/c33-28(30-19-10-12-21(13-11-19)36-20-8-2-1-3-9-20)37-24-17-35-25-23(16-34-26(24)25)32-27-29-15-14-22(31-27)18-6-4-5-7-18/h1-3,8-15,18,23-26H,4-7,16-17H2,(H,30,33)(H,29,31,32)/t23-,24+,25+,26+/m0/s1. The number of anilines is 2. The molecule has 4 atom stereocenters. The zero-order valence-electron chi connectivity index (χ0n) is 20.4. The molecule has 9 heteroatoms. The lowest BCUT2D eigenvalue weighted by Crippen LogP contribution is -2.38. The normalized spacial score (nSPS) is 25.0. The van der Waals surface area contributed by atoms with Crippen LogP contribution in [0.5, 0.6) is 11.5 Å². The minimum Gasteiger partial charge on any atom is -0.457 e. The number of nitrogens with one attached hydrogen (secondary N) is 2. The molecule has 2 N–H and O–H groups in total. The molecule has 0 bridgehead atoms. The van der Waals surface area contributed by atoms with Crippen LogP contribution in [-0.2, 0) is 14.2 Å². The average molecular weight is 503 g/mol. The Kier molecular flexibility index (Phi) is 6.88. The molecule has 3 fully saturated rings. The van der Waals surface area contributed by atoms with E-state index >= 15 is 0 Å². The third-order valence-corrected chi connectivity index (χ3v) is 7.11. The quantitative estimate of drug-likeness (QED) is 0.459. The Balaban J connectivity index is 1.00. The molecule has 0 spiro atoms. The fourth-order valence-corrected chi connectivity index (χ4v) is 5.26. The van der Waals surface area contributed by atoms with Crippen molar-refractivity contribution in [2.45, 2.75) is 56.0 Å². The van der Waals surface area contributed by atoms with E-state index in [0.29, 0.717) is 29.9 Å². The van der Waals surface area contributed by atoms with Gasteiger partial charge in [0.2, 0.25) is 5.95 Å². The van der Waals surface area contributed by atoms with Crippen LogP contribution < -0.4 is 15.4 Å². The van der Waals surface area contributed by atoms with Crippen molar-refractivity contribution in [2.24, 2.45) is 0 Å². The van der Waals surface area contributed by atoms with Crippen LogP contribution in [0.25, 0.3) is 0 Å². The van der Waals surface area contributed by atoms with Crippen LogP contribution in [0, 0.1) is 0 Å². The van der Waals surface area contributed by atoms with Gasteiger partial charge in [-0.05, 0) is 55.3 Å². The molecule has 2 saturated heterocycles. The summed E-state index contributed by atoms with van der Waals surface area (Å²) < 4.78 is 23.4. The molecule has 3 heterocycles. The summed E-state index contributed by atoms with van der Waals surface area (Å²) in [5.74, 6) is 2.52. The maximum atomic E-state index is 12.6. The molecule has 0 unspecified atom stereocenters. The van der Waals surface area contributed by atoms with Gasteiger partial charge >= 0.3 is 6.09 Å². The first-order chi connectivity index (χ1) is 18.2. The predicted molar refractivity (Wildman–Crippen MR) is 137 cm³/mol. The highest BCUT2D eigenvalue weighted by atomic mass is 16.6. The number of hydrogen-bond acceptors (Lipinski definition) is 8. The molecule has 0 radical (unpaired) electrons. The van der Waals surface area contributed by atoms with E-state index in [0.717, 1.165) is 11.4 Å². The van der Waals surface area contributed by atoms with E-state index in [1.807, 2.05) is 42.6 Å². The number of aromatic nitrogens is 2. The third kappa shape index (κ3) is 5.52. The molecule has 1 amide bonds. The Morgan fingerprint density at radius 2 is 1.65 bits per heavy atom. The lowest BCUT2D eigenvalue weighted by molar-refractivity contribution is 0.00916. The molecule has 1 aromatic heterocycles. The van der Waals surface area contributed by atoms with Crippen molar-refractivity contribution in [1.29, 1.82) is 0 Å². The molecule has 2 aliphatic heterocycles. The summed E-state index contributed by atoms with van der Waals surface area (Å²) in [4.78, 5) is 21.7. The van der Waals surface area contributed by atoms with E-state index in [1.54, 1.807) is 24.3 Å². The van der Waals surface area contributed by atoms with Crippen molar-refractivity contribution >= 4 is 17.7 Å². The number of carbonyl (C=O) groups excluding carboxylic acids is 1. The van der Waals surface area contributed by atoms with Crippen molar-refractivity contribution in [3.05, 3.63) is 72.6 Å². The highest BCUT2D eigenvalue weighted by molar-refractivity contribution is 5.84. The number of para-hydroxylation sites is 1. The van der Waals surface area contributed by atoms with E-state index in [9.17, 15) is 4.79 Å². The number of fused-ring (bicyclic) bond motifs is 1. The Labute approximate surface area is 215 Å². The summed E-state index contributed by atoms with van der Waals surface area (Å²) in [5, 5.41) is 6.13. The topological polar surface area (TPSA) is 104 Å². The van der Waals surface area contributed by atoms with Crippen LogP contribution in [0.2, 0.25) is 0 Å². The summed E-state index contributed by atoms with van der Waals surface area (Å²) in [5.41, 5.74) is 1.70. The number of nitrogens with zero attached hydrogens (tertiary/aromatic N) is 2. The van der Waals surface area contributed by atoms with E-state index < -0.39 is 12.2 Å². The molecule has 3 aromatic rings. The zero-order chi connectivity index (χ0) is 25.0. The van der Waals surface area contributed by atoms with Gasteiger partial charge in [-0.2, -0.15) is 0 Å². The first kappa shape index (κ1) is 23.7. The lowest BCUT2D eigenvalue weighted by atomic mass is 10.0. The molecule has 1 saturated carbocycles. The van der Waals surface area contributed by atoms with Gasteiger partial charge in [-0.1, -0.05) is 31.0 Å².